The van der Waals surface area contributed by atoms with Crippen LogP contribution in [0.3, 0.4) is 0 Å². The second-order valence-electron chi connectivity index (χ2n) is 7.18. The summed E-state index contributed by atoms with van der Waals surface area (Å²) in [6, 6.07) is 3.88. The van der Waals surface area contributed by atoms with Crippen molar-refractivity contribution in [2.45, 2.75) is 38.6 Å². The Morgan fingerprint density at radius 1 is 1.10 bits per heavy atom. The van der Waals surface area contributed by atoms with Crippen LogP contribution in [0.2, 0.25) is 0 Å². The molecule has 2 aromatic rings. The summed E-state index contributed by atoms with van der Waals surface area (Å²) in [5.74, 6) is -2.90. The van der Waals surface area contributed by atoms with Crippen molar-refractivity contribution in [3.63, 3.8) is 0 Å². The van der Waals surface area contributed by atoms with E-state index in [4.69, 9.17) is 4.74 Å². The van der Waals surface area contributed by atoms with Gasteiger partial charge in [0.05, 0.1) is 19.1 Å². The molecule has 30 heavy (non-hydrogen) atoms. The van der Waals surface area contributed by atoms with Gasteiger partial charge in [-0.1, -0.05) is 0 Å². The molecule has 2 aromatic carbocycles. The first-order valence-corrected chi connectivity index (χ1v) is 9.02. The van der Waals surface area contributed by atoms with E-state index in [-0.39, 0.29) is 17.4 Å². The van der Waals surface area contributed by atoms with Crippen LogP contribution in [0.15, 0.2) is 35.3 Å². The second-order valence-corrected chi connectivity index (χ2v) is 7.18. The number of benzene rings is 2. The molecule has 0 aliphatic heterocycles. The summed E-state index contributed by atoms with van der Waals surface area (Å²) < 4.78 is 75.1. The van der Waals surface area contributed by atoms with E-state index in [0.717, 1.165) is 13.2 Å². The number of methoxy groups -OCH3 is 1. The van der Waals surface area contributed by atoms with Gasteiger partial charge in [0.1, 0.15) is 17.4 Å². The third-order valence-corrected chi connectivity index (χ3v) is 4.83. The normalized spacial score (nSPS) is 14.3. The van der Waals surface area contributed by atoms with Crippen molar-refractivity contribution in [2.75, 3.05) is 14.2 Å². The van der Waals surface area contributed by atoms with Crippen molar-refractivity contribution >= 4 is 12.0 Å². The predicted octanol–water partition coefficient (Wildman–Crippen LogP) is 5.08. The minimum atomic E-state index is -5.37. The highest BCUT2D eigenvalue weighted by Gasteiger charge is 2.59. The van der Waals surface area contributed by atoms with Crippen molar-refractivity contribution < 1.29 is 31.8 Å². The SMILES string of the molecule is COc1cc(N=CN(C)C(C)C)c(C)cc1C(O)(c1cc(F)ccc1F)C(F)(F)F. The number of hydrogen-bond donors (Lipinski definition) is 1. The molecule has 0 radical (unpaired) electrons. The van der Waals surface area contributed by atoms with Gasteiger partial charge in [0.25, 0.3) is 0 Å². The molecule has 4 nitrogen and oxygen atoms in total. The maximum absolute atomic E-state index is 14.3. The standard InChI is InChI=1S/C21H23F5N2O2/c1-12(2)28(4)11-27-18-10-19(30-5)16(8-13(18)3)20(29,21(24,25)26)15-9-14(22)6-7-17(15)23/h6-12,29H,1-5H3. The first-order valence-electron chi connectivity index (χ1n) is 9.02. The van der Waals surface area contributed by atoms with E-state index in [9.17, 15) is 27.1 Å². The zero-order chi connectivity index (χ0) is 22.9. The van der Waals surface area contributed by atoms with Gasteiger partial charge in [-0.15, -0.1) is 0 Å². The Labute approximate surface area is 171 Å². The molecular weight excluding hydrogens is 407 g/mol. The first kappa shape index (κ1) is 23.6. The molecule has 0 heterocycles. The number of ether oxygens (including phenoxy) is 1. The molecule has 1 N–H and O–H groups in total. The summed E-state index contributed by atoms with van der Waals surface area (Å²) in [6.45, 7) is 5.35. The molecule has 0 bridgehead atoms. The highest BCUT2D eigenvalue weighted by atomic mass is 19.4. The number of aliphatic hydroxyl groups is 1. The zero-order valence-electron chi connectivity index (χ0n) is 17.2. The van der Waals surface area contributed by atoms with Crippen LogP contribution < -0.4 is 4.74 Å². The molecule has 0 aliphatic rings. The van der Waals surface area contributed by atoms with E-state index in [1.54, 1.807) is 11.9 Å². The van der Waals surface area contributed by atoms with E-state index in [1.165, 1.54) is 19.3 Å². The fraction of sp³-hybridized carbons (Fsp3) is 0.381. The van der Waals surface area contributed by atoms with Gasteiger partial charge in [-0.2, -0.15) is 13.2 Å². The smallest absolute Gasteiger partial charge is 0.426 e. The lowest BCUT2D eigenvalue weighted by atomic mass is 9.83. The Morgan fingerprint density at radius 2 is 1.73 bits per heavy atom. The lowest BCUT2D eigenvalue weighted by Gasteiger charge is -2.33. The molecule has 164 valence electrons. The largest absolute Gasteiger partial charge is 0.496 e. The van der Waals surface area contributed by atoms with Crippen LogP contribution >= 0.6 is 0 Å². The number of aryl methyl sites for hydroxylation is 1. The number of aliphatic imine (C=N–C) groups is 1. The predicted molar refractivity (Wildman–Crippen MR) is 104 cm³/mol. The lowest BCUT2D eigenvalue weighted by Crippen LogP contribution is -2.44. The van der Waals surface area contributed by atoms with Gasteiger partial charge in [0.2, 0.25) is 5.60 Å². The number of rotatable bonds is 6. The average molecular weight is 430 g/mol. The topological polar surface area (TPSA) is 45.1 Å². The van der Waals surface area contributed by atoms with Gasteiger partial charge >= 0.3 is 6.18 Å². The molecule has 0 saturated carbocycles. The molecule has 1 unspecified atom stereocenters. The summed E-state index contributed by atoms with van der Waals surface area (Å²) in [7, 11) is 2.89. The van der Waals surface area contributed by atoms with Gasteiger partial charge in [-0.25, -0.2) is 13.8 Å². The maximum atomic E-state index is 14.3. The van der Waals surface area contributed by atoms with E-state index in [2.05, 4.69) is 4.99 Å². The molecule has 9 heteroatoms. The fourth-order valence-electron chi connectivity index (χ4n) is 2.78. The van der Waals surface area contributed by atoms with Crippen LogP contribution in [0.5, 0.6) is 5.75 Å². The fourth-order valence-corrected chi connectivity index (χ4v) is 2.78. The molecule has 2 rings (SSSR count). The van der Waals surface area contributed by atoms with E-state index < -0.39 is 34.5 Å². The van der Waals surface area contributed by atoms with Crippen molar-refractivity contribution in [1.29, 1.82) is 0 Å². The van der Waals surface area contributed by atoms with E-state index >= 15 is 0 Å². The van der Waals surface area contributed by atoms with Crippen LogP contribution in [0.1, 0.15) is 30.5 Å². The highest BCUT2D eigenvalue weighted by Crippen LogP contribution is 2.49. The Balaban J connectivity index is 2.74. The quantitative estimate of drug-likeness (QED) is 0.395. The number of hydrogen-bond acceptors (Lipinski definition) is 3. The van der Waals surface area contributed by atoms with Crippen LogP contribution in [0.4, 0.5) is 27.6 Å². The van der Waals surface area contributed by atoms with Crippen LogP contribution in [0.25, 0.3) is 0 Å². The first-order chi connectivity index (χ1) is 13.8. The third kappa shape index (κ3) is 4.40. The second kappa shape index (κ2) is 8.59. The Morgan fingerprint density at radius 3 is 2.27 bits per heavy atom. The van der Waals surface area contributed by atoms with Gasteiger partial charge in [-0.05, 0) is 50.6 Å². The van der Waals surface area contributed by atoms with Crippen molar-refractivity contribution in [3.8, 4) is 5.75 Å². The van der Waals surface area contributed by atoms with E-state index in [0.29, 0.717) is 23.9 Å². The summed E-state index contributed by atoms with van der Waals surface area (Å²) in [5, 5.41) is 10.8. The van der Waals surface area contributed by atoms with Crippen LogP contribution in [-0.4, -0.2) is 42.7 Å². The van der Waals surface area contributed by atoms with Crippen molar-refractivity contribution in [2.24, 2.45) is 4.99 Å². The van der Waals surface area contributed by atoms with E-state index in [1.807, 2.05) is 13.8 Å². The molecule has 0 spiro atoms. The molecular formula is C21H23F5N2O2. The third-order valence-electron chi connectivity index (χ3n) is 4.83. The van der Waals surface area contributed by atoms with Crippen molar-refractivity contribution in [3.05, 3.63) is 58.7 Å². The van der Waals surface area contributed by atoms with Crippen LogP contribution in [0, 0.1) is 18.6 Å². The maximum Gasteiger partial charge on any atom is 0.426 e. The Bertz CT molecular complexity index is 944. The zero-order valence-corrected chi connectivity index (χ0v) is 17.2. The monoisotopic (exact) mass is 430 g/mol. The minimum absolute atomic E-state index is 0.140. The van der Waals surface area contributed by atoms with Gasteiger partial charge in [0.15, 0.2) is 0 Å². The number of nitrogens with zero attached hydrogens (tertiary/aromatic N) is 2. The summed E-state index contributed by atoms with van der Waals surface area (Å²) in [5.41, 5.74) is -5.29. The van der Waals surface area contributed by atoms with Gasteiger partial charge in [0, 0.05) is 30.3 Å². The number of halogens is 5. The van der Waals surface area contributed by atoms with Gasteiger partial charge < -0.3 is 14.7 Å². The summed E-state index contributed by atoms with van der Waals surface area (Å²) in [6.07, 6.45) is -3.86. The van der Waals surface area contributed by atoms with Crippen LogP contribution in [-0.2, 0) is 5.60 Å². The minimum Gasteiger partial charge on any atom is -0.496 e. The molecule has 1 atom stereocenters. The molecule has 0 amide bonds. The molecule has 0 fully saturated rings. The highest BCUT2D eigenvalue weighted by molar-refractivity contribution is 5.66. The Hall–Kier alpha value is -2.68. The Kier molecular flexibility index (Phi) is 6.76. The molecule has 0 saturated heterocycles. The summed E-state index contributed by atoms with van der Waals surface area (Å²) >= 11 is 0. The summed E-state index contributed by atoms with van der Waals surface area (Å²) in [4.78, 5) is 6.04. The lowest BCUT2D eigenvalue weighted by molar-refractivity contribution is -0.249. The molecule has 0 aliphatic carbocycles. The number of alkyl halides is 3. The average Bonchev–Trinajstić information content (AvgIpc) is 2.66. The molecule has 0 aromatic heterocycles. The van der Waals surface area contributed by atoms with Crippen molar-refractivity contribution in [1.82, 2.24) is 4.90 Å². The van der Waals surface area contributed by atoms with Gasteiger partial charge in [-0.3, -0.25) is 0 Å².